The number of anilines is 1. The van der Waals surface area contributed by atoms with E-state index < -0.39 is 0 Å². The van der Waals surface area contributed by atoms with Crippen molar-refractivity contribution < 1.29 is 4.92 Å². The number of rotatable bonds is 4. The molecule has 0 aliphatic heterocycles. The summed E-state index contributed by atoms with van der Waals surface area (Å²) >= 11 is 5.93. The highest BCUT2D eigenvalue weighted by Gasteiger charge is 2.22. The molecule has 0 radical (unpaired) electrons. The Morgan fingerprint density at radius 3 is 2.68 bits per heavy atom. The standard InChI is InChI=1S/C14H19ClN2O2/c1-10(11-5-3-2-4-6-11)16-13-9-12(15)7-8-14(13)17(18)19/h7-11,16H,2-6H2,1H3. The van der Waals surface area contributed by atoms with E-state index in [1.807, 2.05) is 0 Å². The average Bonchev–Trinajstić information content (AvgIpc) is 2.39. The Bertz CT molecular complexity index is 459. The number of nitrogens with one attached hydrogen (secondary N) is 1. The fourth-order valence-electron chi connectivity index (χ4n) is 2.78. The molecule has 1 aromatic rings. The van der Waals surface area contributed by atoms with E-state index in [1.54, 1.807) is 12.1 Å². The van der Waals surface area contributed by atoms with E-state index in [0.29, 0.717) is 16.6 Å². The van der Waals surface area contributed by atoms with Crippen LogP contribution in [0.25, 0.3) is 0 Å². The lowest BCUT2D eigenvalue weighted by Crippen LogP contribution is -2.27. The normalized spacial score (nSPS) is 18.0. The third-order valence-electron chi connectivity index (χ3n) is 3.90. The molecule has 5 heteroatoms. The Kier molecular flexibility index (Phi) is 4.64. The lowest BCUT2D eigenvalue weighted by Gasteiger charge is -2.28. The smallest absolute Gasteiger partial charge is 0.292 e. The number of hydrogen-bond acceptors (Lipinski definition) is 3. The molecule has 4 nitrogen and oxygen atoms in total. The summed E-state index contributed by atoms with van der Waals surface area (Å²) in [4.78, 5) is 10.6. The van der Waals surface area contributed by atoms with Crippen molar-refractivity contribution in [2.24, 2.45) is 5.92 Å². The first-order chi connectivity index (χ1) is 9.08. The molecule has 2 rings (SSSR count). The van der Waals surface area contributed by atoms with Crippen molar-refractivity contribution in [1.82, 2.24) is 0 Å². The molecule has 1 aliphatic rings. The maximum Gasteiger partial charge on any atom is 0.292 e. The first kappa shape index (κ1) is 14.1. The molecule has 19 heavy (non-hydrogen) atoms. The van der Waals surface area contributed by atoms with Crippen LogP contribution in [0.5, 0.6) is 0 Å². The average molecular weight is 283 g/mol. The fourth-order valence-corrected chi connectivity index (χ4v) is 2.95. The summed E-state index contributed by atoms with van der Waals surface area (Å²) in [5.41, 5.74) is 0.614. The van der Waals surface area contributed by atoms with Gasteiger partial charge in [0.25, 0.3) is 5.69 Å². The molecule has 0 saturated heterocycles. The fraction of sp³-hybridized carbons (Fsp3) is 0.571. The number of benzene rings is 1. The van der Waals surface area contributed by atoms with E-state index in [1.165, 1.54) is 38.2 Å². The number of nitro groups is 1. The quantitative estimate of drug-likeness (QED) is 0.647. The van der Waals surface area contributed by atoms with Crippen LogP contribution in [0.1, 0.15) is 39.0 Å². The first-order valence-electron chi connectivity index (χ1n) is 6.78. The topological polar surface area (TPSA) is 55.2 Å². The molecule has 1 aromatic carbocycles. The number of nitrogens with zero attached hydrogens (tertiary/aromatic N) is 1. The summed E-state index contributed by atoms with van der Waals surface area (Å²) in [6, 6.07) is 4.88. The number of hydrogen-bond donors (Lipinski definition) is 1. The summed E-state index contributed by atoms with van der Waals surface area (Å²) in [6.45, 7) is 2.10. The second-order valence-corrected chi connectivity index (χ2v) is 5.69. The largest absolute Gasteiger partial charge is 0.377 e. The van der Waals surface area contributed by atoms with Crippen molar-refractivity contribution >= 4 is 23.0 Å². The lowest BCUT2D eigenvalue weighted by molar-refractivity contribution is -0.384. The second kappa shape index (κ2) is 6.24. The molecule has 0 amide bonds. The maximum atomic E-state index is 11.0. The minimum absolute atomic E-state index is 0.0899. The first-order valence-corrected chi connectivity index (χ1v) is 7.16. The van der Waals surface area contributed by atoms with E-state index in [9.17, 15) is 10.1 Å². The molecule has 0 bridgehead atoms. The molecule has 0 aromatic heterocycles. The van der Waals surface area contributed by atoms with Gasteiger partial charge in [-0.25, -0.2) is 0 Å². The Balaban J connectivity index is 2.12. The van der Waals surface area contributed by atoms with Crippen LogP contribution in [-0.4, -0.2) is 11.0 Å². The monoisotopic (exact) mass is 282 g/mol. The van der Waals surface area contributed by atoms with Gasteiger partial charge in [0, 0.05) is 17.1 Å². The van der Waals surface area contributed by atoms with Gasteiger partial charge in [0.15, 0.2) is 0 Å². The Morgan fingerprint density at radius 2 is 2.05 bits per heavy atom. The van der Waals surface area contributed by atoms with Crippen LogP contribution >= 0.6 is 11.6 Å². The maximum absolute atomic E-state index is 11.0. The van der Waals surface area contributed by atoms with Crippen LogP contribution in [0.2, 0.25) is 5.02 Å². The van der Waals surface area contributed by atoms with Gasteiger partial charge in [0.1, 0.15) is 5.69 Å². The van der Waals surface area contributed by atoms with Crippen molar-refractivity contribution in [3.05, 3.63) is 33.3 Å². The van der Waals surface area contributed by atoms with Crippen LogP contribution in [-0.2, 0) is 0 Å². The number of halogens is 1. The molecule has 1 fully saturated rings. The summed E-state index contributed by atoms with van der Waals surface area (Å²) in [7, 11) is 0. The number of nitro benzene ring substituents is 1. The predicted octanol–water partition coefficient (Wildman–Crippen LogP) is 4.63. The third kappa shape index (κ3) is 3.60. The van der Waals surface area contributed by atoms with E-state index in [0.717, 1.165) is 0 Å². The summed E-state index contributed by atoms with van der Waals surface area (Å²) in [5, 5.41) is 14.8. The van der Waals surface area contributed by atoms with Gasteiger partial charge in [-0.1, -0.05) is 30.9 Å². The molecular weight excluding hydrogens is 264 g/mol. The van der Waals surface area contributed by atoms with Crippen molar-refractivity contribution in [2.75, 3.05) is 5.32 Å². The Labute approximate surface area is 118 Å². The molecule has 1 saturated carbocycles. The predicted molar refractivity (Wildman–Crippen MR) is 77.8 cm³/mol. The van der Waals surface area contributed by atoms with Crippen LogP contribution in [0, 0.1) is 16.0 Å². The van der Waals surface area contributed by atoms with Gasteiger partial charge in [-0.2, -0.15) is 0 Å². The van der Waals surface area contributed by atoms with Crippen LogP contribution in [0.4, 0.5) is 11.4 Å². The molecule has 0 heterocycles. The molecule has 1 aliphatic carbocycles. The van der Waals surface area contributed by atoms with Crippen LogP contribution < -0.4 is 5.32 Å². The summed E-state index contributed by atoms with van der Waals surface area (Å²) < 4.78 is 0. The summed E-state index contributed by atoms with van der Waals surface area (Å²) in [6.07, 6.45) is 6.22. The zero-order valence-corrected chi connectivity index (χ0v) is 11.8. The third-order valence-corrected chi connectivity index (χ3v) is 4.13. The molecule has 104 valence electrons. The summed E-state index contributed by atoms with van der Waals surface area (Å²) in [5.74, 6) is 0.590. The highest BCUT2D eigenvalue weighted by atomic mass is 35.5. The van der Waals surface area contributed by atoms with Crippen LogP contribution in [0.15, 0.2) is 18.2 Å². The van der Waals surface area contributed by atoms with Gasteiger partial charge in [-0.15, -0.1) is 0 Å². The van der Waals surface area contributed by atoms with E-state index in [-0.39, 0.29) is 16.7 Å². The van der Waals surface area contributed by atoms with Crippen molar-refractivity contribution in [2.45, 2.75) is 45.1 Å². The zero-order valence-electron chi connectivity index (χ0n) is 11.1. The van der Waals surface area contributed by atoms with Gasteiger partial charge in [0.05, 0.1) is 4.92 Å². The van der Waals surface area contributed by atoms with E-state index in [2.05, 4.69) is 12.2 Å². The lowest BCUT2D eigenvalue weighted by atomic mass is 9.84. The molecule has 0 spiro atoms. The van der Waals surface area contributed by atoms with Gasteiger partial charge >= 0.3 is 0 Å². The SMILES string of the molecule is CC(Nc1cc(Cl)ccc1[N+](=O)[O-])C1CCCCC1. The van der Waals surface area contributed by atoms with Crippen molar-refractivity contribution in [3.63, 3.8) is 0 Å². The van der Waals surface area contributed by atoms with Gasteiger partial charge in [-0.3, -0.25) is 10.1 Å². The minimum Gasteiger partial charge on any atom is -0.377 e. The second-order valence-electron chi connectivity index (χ2n) is 5.25. The van der Waals surface area contributed by atoms with Gasteiger partial charge < -0.3 is 5.32 Å². The minimum atomic E-state index is -0.369. The van der Waals surface area contributed by atoms with Crippen molar-refractivity contribution in [1.29, 1.82) is 0 Å². The molecule has 1 unspecified atom stereocenters. The van der Waals surface area contributed by atoms with E-state index in [4.69, 9.17) is 11.6 Å². The van der Waals surface area contributed by atoms with Gasteiger partial charge in [0.2, 0.25) is 0 Å². The highest BCUT2D eigenvalue weighted by molar-refractivity contribution is 6.31. The molecule has 1 N–H and O–H groups in total. The molecular formula is C14H19ClN2O2. The zero-order chi connectivity index (χ0) is 13.8. The highest BCUT2D eigenvalue weighted by Crippen LogP contribution is 2.32. The molecule has 1 atom stereocenters. The van der Waals surface area contributed by atoms with Crippen LogP contribution in [0.3, 0.4) is 0 Å². The van der Waals surface area contributed by atoms with Crippen molar-refractivity contribution in [3.8, 4) is 0 Å². The Morgan fingerprint density at radius 1 is 1.37 bits per heavy atom. The van der Waals surface area contributed by atoms with E-state index >= 15 is 0 Å². The Hall–Kier alpha value is -1.29. The van der Waals surface area contributed by atoms with Gasteiger partial charge in [-0.05, 0) is 37.8 Å².